The Balaban J connectivity index is 2.00. The maximum absolute atomic E-state index is 12.5. The Morgan fingerprint density at radius 1 is 1.04 bits per heavy atom. The van der Waals surface area contributed by atoms with Crippen LogP contribution in [0.5, 0.6) is 5.75 Å². The first-order valence-corrected chi connectivity index (χ1v) is 9.96. The Bertz CT molecular complexity index is 818. The van der Waals surface area contributed by atoms with Gasteiger partial charge in [0, 0.05) is 17.9 Å². The van der Waals surface area contributed by atoms with E-state index in [1.807, 2.05) is 33.2 Å². The van der Waals surface area contributed by atoms with Crippen LogP contribution in [-0.4, -0.2) is 47.6 Å². The number of rotatable bonds is 9. The number of anilines is 2. The molecule has 0 aliphatic carbocycles. The van der Waals surface area contributed by atoms with E-state index < -0.39 is 10.0 Å². The third-order valence-corrected chi connectivity index (χ3v) is 5.30. The van der Waals surface area contributed by atoms with Gasteiger partial charge in [-0.2, -0.15) is 0 Å². The number of ether oxygens (including phenoxy) is 1. The largest absolute Gasteiger partial charge is 0.496 e. The summed E-state index contributed by atoms with van der Waals surface area (Å²) in [6.07, 6.45) is 1.04. The quantitative estimate of drug-likeness (QED) is 0.657. The fraction of sp³-hybridized carbons (Fsp3) is 0.368. The van der Waals surface area contributed by atoms with Crippen LogP contribution in [0.3, 0.4) is 0 Å². The Labute approximate surface area is 156 Å². The molecule has 0 aliphatic rings. The monoisotopic (exact) mass is 377 g/mol. The predicted octanol–water partition coefficient (Wildman–Crippen LogP) is 3.17. The third-order valence-electron chi connectivity index (χ3n) is 3.92. The van der Waals surface area contributed by atoms with Crippen LogP contribution in [0.15, 0.2) is 47.4 Å². The molecule has 2 rings (SSSR count). The number of nitrogens with zero attached hydrogens (tertiary/aromatic N) is 1. The van der Waals surface area contributed by atoms with E-state index in [-0.39, 0.29) is 4.90 Å². The van der Waals surface area contributed by atoms with E-state index in [0.29, 0.717) is 11.4 Å². The van der Waals surface area contributed by atoms with Crippen LogP contribution >= 0.6 is 0 Å². The fourth-order valence-corrected chi connectivity index (χ4v) is 3.66. The number of methoxy groups -OCH3 is 1. The molecule has 0 aliphatic heterocycles. The molecule has 0 amide bonds. The van der Waals surface area contributed by atoms with Gasteiger partial charge in [0.25, 0.3) is 10.0 Å². The van der Waals surface area contributed by atoms with E-state index in [0.717, 1.165) is 30.8 Å². The summed E-state index contributed by atoms with van der Waals surface area (Å²) in [7, 11) is 2.02. The highest BCUT2D eigenvalue weighted by molar-refractivity contribution is 7.92. The average molecular weight is 378 g/mol. The van der Waals surface area contributed by atoms with E-state index >= 15 is 0 Å². The molecule has 142 valence electrons. The van der Waals surface area contributed by atoms with Crippen LogP contribution in [0.4, 0.5) is 11.4 Å². The Kier molecular flexibility index (Phi) is 6.88. The van der Waals surface area contributed by atoms with Crippen LogP contribution < -0.4 is 14.8 Å². The van der Waals surface area contributed by atoms with Gasteiger partial charge < -0.3 is 15.0 Å². The molecule has 0 fully saturated rings. The zero-order valence-corrected chi connectivity index (χ0v) is 16.6. The Hall–Kier alpha value is -2.25. The molecule has 0 heterocycles. The van der Waals surface area contributed by atoms with Gasteiger partial charge in [0.15, 0.2) is 0 Å². The molecule has 0 unspecified atom stereocenters. The van der Waals surface area contributed by atoms with Gasteiger partial charge in [-0.3, -0.25) is 4.72 Å². The smallest absolute Gasteiger partial charge is 0.261 e. The molecule has 7 heteroatoms. The Morgan fingerprint density at radius 2 is 1.69 bits per heavy atom. The maximum Gasteiger partial charge on any atom is 0.261 e. The number of aryl methyl sites for hydroxylation is 1. The first kappa shape index (κ1) is 20.1. The van der Waals surface area contributed by atoms with Crippen LogP contribution in [0.2, 0.25) is 0 Å². The molecule has 2 aromatic rings. The van der Waals surface area contributed by atoms with Gasteiger partial charge in [-0.15, -0.1) is 0 Å². The number of sulfonamides is 1. The SMILES string of the molecule is COc1ccc(S(=O)(=O)Nc2ccc(NCCCN(C)C)cc2)cc1C. The van der Waals surface area contributed by atoms with Gasteiger partial charge >= 0.3 is 0 Å². The van der Waals surface area contributed by atoms with Crippen LogP contribution in [0, 0.1) is 6.92 Å². The summed E-state index contributed by atoms with van der Waals surface area (Å²) in [5, 5.41) is 3.32. The van der Waals surface area contributed by atoms with Gasteiger partial charge in [0.2, 0.25) is 0 Å². The third kappa shape index (κ3) is 5.64. The van der Waals surface area contributed by atoms with Crippen molar-refractivity contribution < 1.29 is 13.2 Å². The van der Waals surface area contributed by atoms with Crippen LogP contribution in [0.25, 0.3) is 0 Å². The zero-order valence-electron chi connectivity index (χ0n) is 15.7. The van der Waals surface area contributed by atoms with Crippen LogP contribution in [0.1, 0.15) is 12.0 Å². The number of nitrogens with one attached hydrogen (secondary N) is 2. The average Bonchev–Trinajstić information content (AvgIpc) is 2.59. The first-order chi connectivity index (χ1) is 12.3. The summed E-state index contributed by atoms with van der Waals surface area (Å²) in [6, 6.07) is 12.0. The number of hydrogen-bond acceptors (Lipinski definition) is 5. The molecule has 0 atom stereocenters. The molecule has 0 spiro atoms. The topological polar surface area (TPSA) is 70.7 Å². The van der Waals surface area contributed by atoms with Crippen molar-refractivity contribution in [1.29, 1.82) is 0 Å². The molecular formula is C19H27N3O3S. The summed E-state index contributed by atoms with van der Waals surface area (Å²) < 4.78 is 32.9. The molecule has 0 bridgehead atoms. The van der Waals surface area contributed by atoms with Gasteiger partial charge in [-0.05, 0) is 82.0 Å². The summed E-state index contributed by atoms with van der Waals surface area (Å²) in [4.78, 5) is 2.35. The minimum atomic E-state index is -3.64. The second-order valence-corrected chi connectivity index (χ2v) is 8.08. The molecule has 26 heavy (non-hydrogen) atoms. The molecule has 0 saturated heterocycles. The van der Waals surface area contributed by atoms with Crippen LogP contribution in [-0.2, 0) is 10.0 Å². The molecule has 2 aromatic carbocycles. The molecular weight excluding hydrogens is 350 g/mol. The minimum absolute atomic E-state index is 0.210. The predicted molar refractivity (Wildman–Crippen MR) is 107 cm³/mol. The van der Waals surface area contributed by atoms with Gasteiger partial charge in [0.05, 0.1) is 12.0 Å². The van der Waals surface area contributed by atoms with Crippen molar-refractivity contribution in [2.45, 2.75) is 18.2 Å². The lowest BCUT2D eigenvalue weighted by atomic mass is 10.2. The van der Waals surface area contributed by atoms with Crippen molar-refractivity contribution >= 4 is 21.4 Å². The molecule has 0 saturated carbocycles. The van der Waals surface area contributed by atoms with Gasteiger partial charge in [-0.25, -0.2) is 8.42 Å². The number of hydrogen-bond donors (Lipinski definition) is 2. The van der Waals surface area contributed by atoms with Crippen molar-refractivity contribution in [2.75, 3.05) is 44.3 Å². The van der Waals surface area contributed by atoms with Gasteiger partial charge in [-0.1, -0.05) is 0 Å². The van der Waals surface area contributed by atoms with Crippen molar-refractivity contribution in [1.82, 2.24) is 4.90 Å². The van der Waals surface area contributed by atoms with Crippen molar-refractivity contribution in [3.05, 3.63) is 48.0 Å². The van der Waals surface area contributed by atoms with Crippen molar-refractivity contribution in [3.63, 3.8) is 0 Å². The standard InChI is InChI=1S/C19H27N3O3S/c1-15-14-18(10-11-19(15)25-4)26(23,24)21-17-8-6-16(7-9-17)20-12-5-13-22(2)3/h6-11,14,20-21H,5,12-13H2,1-4H3. The number of benzene rings is 2. The normalized spacial score (nSPS) is 11.4. The lowest BCUT2D eigenvalue weighted by molar-refractivity contribution is 0.405. The molecule has 0 aromatic heterocycles. The van der Waals surface area contributed by atoms with E-state index in [4.69, 9.17) is 4.74 Å². The van der Waals surface area contributed by atoms with Gasteiger partial charge in [0.1, 0.15) is 5.75 Å². The second-order valence-electron chi connectivity index (χ2n) is 6.40. The van der Waals surface area contributed by atoms with Crippen molar-refractivity contribution in [2.24, 2.45) is 0 Å². The summed E-state index contributed by atoms with van der Waals surface area (Å²) in [5.41, 5.74) is 2.26. The highest BCUT2D eigenvalue weighted by atomic mass is 32.2. The van der Waals surface area contributed by atoms with E-state index in [1.54, 1.807) is 31.4 Å². The van der Waals surface area contributed by atoms with E-state index in [9.17, 15) is 8.42 Å². The second kappa shape index (κ2) is 8.91. The van der Waals surface area contributed by atoms with E-state index in [2.05, 4.69) is 14.9 Å². The molecule has 0 radical (unpaired) electrons. The van der Waals surface area contributed by atoms with Crippen molar-refractivity contribution in [3.8, 4) is 5.75 Å². The maximum atomic E-state index is 12.5. The minimum Gasteiger partial charge on any atom is -0.496 e. The lowest BCUT2D eigenvalue weighted by Gasteiger charge is -2.12. The molecule has 2 N–H and O–H groups in total. The first-order valence-electron chi connectivity index (χ1n) is 8.48. The zero-order chi connectivity index (χ0) is 19.2. The highest BCUT2D eigenvalue weighted by Crippen LogP contribution is 2.23. The highest BCUT2D eigenvalue weighted by Gasteiger charge is 2.15. The summed E-state index contributed by atoms with van der Waals surface area (Å²) in [6.45, 7) is 3.70. The van der Waals surface area contributed by atoms with E-state index in [1.165, 1.54) is 6.07 Å². The molecule has 6 nitrogen and oxygen atoms in total. The summed E-state index contributed by atoms with van der Waals surface area (Å²) >= 11 is 0. The fourth-order valence-electron chi connectivity index (χ4n) is 2.52. The Morgan fingerprint density at radius 3 is 2.27 bits per heavy atom. The lowest BCUT2D eigenvalue weighted by Crippen LogP contribution is -2.16. The summed E-state index contributed by atoms with van der Waals surface area (Å²) in [5.74, 6) is 0.661.